The summed E-state index contributed by atoms with van der Waals surface area (Å²) in [6.07, 6.45) is 0. The first kappa shape index (κ1) is 17.7. The van der Waals surface area contributed by atoms with Crippen LogP contribution in [0.15, 0.2) is 11.1 Å². The Kier molecular flexibility index (Phi) is 9.98. The zero-order valence-electron chi connectivity index (χ0n) is 6.76. The molecule has 0 saturated heterocycles. The number of hydrogen-bond acceptors (Lipinski definition) is 2. The lowest BCUT2D eigenvalue weighted by atomic mass is 10.1. The number of aliphatic carboxylic acids is 1. The zero-order chi connectivity index (χ0) is 9.02. The smallest absolute Gasteiger partial charge is 0.331 e. The molecule has 0 rings (SSSR count). The van der Waals surface area contributed by atoms with Gasteiger partial charge in [0.15, 0.2) is 0 Å². The van der Waals surface area contributed by atoms with E-state index in [4.69, 9.17) is 5.11 Å². The van der Waals surface area contributed by atoms with Gasteiger partial charge in [-0.2, -0.15) is 0 Å². The summed E-state index contributed by atoms with van der Waals surface area (Å²) in [6, 6.07) is 0. The lowest BCUT2D eigenvalue weighted by molar-refractivity contribution is -0.133. The summed E-state index contributed by atoms with van der Waals surface area (Å²) in [7, 11) is 1.46. The summed E-state index contributed by atoms with van der Waals surface area (Å²) in [5, 5.41) is 10.8. The third-order valence-corrected chi connectivity index (χ3v) is 1.45. The van der Waals surface area contributed by atoms with Crippen molar-refractivity contribution in [2.45, 2.75) is 28.7 Å². The molecule has 0 aromatic carbocycles. The molecule has 4 heteroatoms. The van der Waals surface area contributed by atoms with Crippen LogP contribution in [0.2, 0.25) is 0 Å². The Balaban J connectivity index is -0.000000500. The fourth-order valence-electron chi connectivity index (χ4n) is 0.518. The molecule has 0 aliphatic heterocycles. The molecule has 0 saturated carbocycles. The van der Waals surface area contributed by atoms with E-state index in [0.717, 1.165) is 0 Å². The number of amides is 1. The topological polar surface area (TPSA) is 66.4 Å². The maximum Gasteiger partial charge on any atom is 0.331 e. The van der Waals surface area contributed by atoms with Crippen molar-refractivity contribution >= 4 is 11.9 Å². The van der Waals surface area contributed by atoms with Gasteiger partial charge < -0.3 is 10.4 Å². The van der Waals surface area contributed by atoms with Crippen molar-refractivity contribution in [3.05, 3.63) is 11.1 Å². The molecule has 1 amide bonds. The Bertz CT molecular complexity index is 219. The minimum absolute atomic E-state index is 0. The van der Waals surface area contributed by atoms with E-state index in [1.165, 1.54) is 20.9 Å². The van der Waals surface area contributed by atoms with Crippen LogP contribution in [-0.2, 0) is 9.59 Å². The van der Waals surface area contributed by atoms with Gasteiger partial charge in [0.2, 0.25) is 5.91 Å². The standard InChI is InChI=1S/C7H11NO3.2CH4/c1-4(6(9)8-3)5(2)7(10)11;;/h1-3H3,(H,8,9)(H,10,11);2*1H4/b5-4-;;. The highest BCUT2D eigenvalue weighted by Gasteiger charge is 2.10. The van der Waals surface area contributed by atoms with E-state index in [9.17, 15) is 9.59 Å². The predicted molar refractivity (Wildman–Crippen MR) is 53.5 cm³/mol. The second kappa shape index (κ2) is 7.34. The molecule has 2 N–H and O–H groups in total. The number of rotatable bonds is 2. The van der Waals surface area contributed by atoms with Crippen LogP contribution in [0.4, 0.5) is 0 Å². The molecule has 4 nitrogen and oxygen atoms in total. The zero-order valence-corrected chi connectivity index (χ0v) is 6.76. The van der Waals surface area contributed by atoms with Gasteiger partial charge in [-0.05, 0) is 13.8 Å². The number of carbonyl (C=O) groups is 2. The van der Waals surface area contributed by atoms with E-state index < -0.39 is 5.97 Å². The van der Waals surface area contributed by atoms with Crippen molar-refractivity contribution in [1.82, 2.24) is 5.32 Å². The molecular weight excluding hydrogens is 170 g/mol. The molecular formula is C9H19NO3. The van der Waals surface area contributed by atoms with E-state index >= 15 is 0 Å². The highest BCUT2D eigenvalue weighted by molar-refractivity contribution is 6.01. The third kappa shape index (κ3) is 5.00. The van der Waals surface area contributed by atoms with Gasteiger partial charge in [-0.1, -0.05) is 14.9 Å². The van der Waals surface area contributed by atoms with Gasteiger partial charge in [-0.15, -0.1) is 0 Å². The average Bonchev–Trinajstić information content (AvgIpc) is 2.00. The van der Waals surface area contributed by atoms with Gasteiger partial charge in [-0.3, -0.25) is 4.79 Å². The highest BCUT2D eigenvalue weighted by Crippen LogP contribution is 2.02. The summed E-state index contributed by atoms with van der Waals surface area (Å²) in [5.41, 5.74) is 0.310. The van der Waals surface area contributed by atoms with Crippen molar-refractivity contribution in [2.24, 2.45) is 0 Å². The Morgan fingerprint density at radius 1 is 1.08 bits per heavy atom. The van der Waals surface area contributed by atoms with Gasteiger partial charge in [0, 0.05) is 18.2 Å². The second-order valence-corrected chi connectivity index (χ2v) is 2.13. The molecule has 0 radical (unpaired) electrons. The average molecular weight is 189 g/mol. The van der Waals surface area contributed by atoms with Gasteiger partial charge in [0.05, 0.1) is 0 Å². The minimum atomic E-state index is -1.06. The van der Waals surface area contributed by atoms with E-state index in [1.54, 1.807) is 0 Å². The summed E-state index contributed by atoms with van der Waals surface area (Å²) < 4.78 is 0. The van der Waals surface area contributed by atoms with E-state index in [1.807, 2.05) is 0 Å². The summed E-state index contributed by atoms with van der Waals surface area (Å²) in [6.45, 7) is 2.87. The van der Waals surface area contributed by atoms with Crippen molar-refractivity contribution < 1.29 is 14.7 Å². The SMILES string of the molecule is C.C.CNC(=O)/C(C)=C(/C)C(=O)O. The van der Waals surface area contributed by atoms with Crippen LogP contribution >= 0.6 is 0 Å². The Morgan fingerprint density at radius 3 is 1.69 bits per heavy atom. The van der Waals surface area contributed by atoms with Crippen LogP contribution in [-0.4, -0.2) is 24.0 Å². The van der Waals surface area contributed by atoms with Gasteiger partial charge in [0.25, 0.3) is 0 Å². The molecule has 0 atom stereocenters. The first-order chi connectivity index (χ1) is 5.00. The van der Waals surface area contributed by atoms with Crippen molar-refractivity contribution in [3.8, 4) is 0 Å². The molecule has 0 aliphatic carbocycles. The Morgan fingerprint density at radius 2 is 1.46 bits per heavy atom. The quantitative estimate of drug-likeness (QED) is 0.646. The maximum absolute atomic E-state index is 10.8. The largest absolute Gasteiger partial charge is 0.478 e. The molecule has 13 heavy (non-hydrogen) atoms. The predicted octanol–water partition coefficient (Wildman–Crippen LogP) is 1.43. The molecule has 78 valence electrons. The summed E-state index contributed by atoms with van der Waals surface area (Å²) in [5.74, 6) is -1.42. The summed E-state index contributed by atoms with van der Waals surface area (Å²) in [4.78, 5) is 21.1. The minimum Gasteiger partial charge on any atom is -0.478 e. The molecule has 0 unspecified atom stereocenters. The second-order valence-electron chi connectivity index (χ2n) is 2.13. The fourth-order valence-corrected chi connectivity index (χ4v) is 0.518. The van der Waals surface area contributed by atoms with Crippen LogP contribution in [0.3, 0.4) is 0 Å². The molecule has 0 fully saturated rings. The number of nitrogens with one attached hydrogen (secondary N) is 1. The fraction of sp³-hybridized carbons (Fsp3) is 0.556. The monoisotopic (exact) mass is 189 g/mol. The first-order valence-electron chi connectivity index (χ1n) is 3.13. The molecule has 0 heterocycles. The molecule has 0 bridgehead atoms. The number of carboxylic acid groups (broad SMARTS) is 1. The van der Waals surface area contributed by atoms with Crippen molar-refractivity contribution in [2.75, 3.05) is 7.05 Å². The van der Waals surface area contributed by atoms with E-state index in [0.29, 0.717) is 0 Å². The van der Waals surface area contributed by atoms with Crippen LogP contribution in [0, 0.1) is 0 Å². The summed E-state index contributed by atoms with van der Waals surface area (Å²) >= 11 is 0. The van der Waals surface area contributed by atoms with E-state index in [-0.39, 0.29) is 31.9 Å². The van der Waals surface area contributed by atoms with Gasteiger partial charge in [0.1, 0.15) is 0 Å². The Labute approximate surface area is 79.6 Å². The molecule has 0 aliphatic rings. The lowest BCUT2D eigenvalue weighted by Gasteiger charge is -2.00. The van der Waals surface area contributed by atoms with Crippen LogP contribution in [0.1, 0.15) is 28.7 Å². The van der Waals surface area contributed by atoms with Gasteiger partial charge in [-0.25, -0.2) is 4.79 Å². The molecule has 0 aromatic rings. The first-order valence-corrected chi connectivity index (χ1v) is 3.13. The van der Waals surface area contributed by atoms with Crippen LogP contribution in [0.5, 0.6) is 0 Å². The maximum atomic E-state index is 10.8. The number of carboxylic acids is 1. The van der Waals surface area contributed by atoms with E-state index in [2.05, 4.69) is 5.32 Å². The molecule has 0 aromatic heterocycles. The van der Waals surface area contributed by atoms with Crippen molar-refractivity contribution in [3.63, 3.8) is 0 Å². The normalized spacial score (nSPS) is 10.1. The number of likely N-dealkylation sites (N-methyl/N-ethyl adjacent to an activating group) is 1. The number of hydrogen-bond donors (Lipinski definition) is 2. The highest BCUT2D eigenvalue weighted by atomic mass is 16.4. The third-order valence-electron chi connectivity index (χ3n) is 1.45. The molecule has 0 spiro atoms. The lowest BCUT2D eigenvalue weighted by Crippen LogP contribution is -2.20. The van der Waals surface area contributed by atoms with Crippen molar-refractivity contribution in [1.29, 1.82) is 0 Å². The number of carbonyl (C=O) groups excluding carboxylic acids is 1. The Hall–Kier alpha value is -1.32. The van der Waals surface area contributed by atoms with Crippen LogP contribution in [0.25, 0.3) is 0 Å². The van der Waals surface area contributed by atoms with Crippen LogP contribution < -0.4 is 5.32 Å². The van der Waals surface area contributed by atoms with Gasteiger partial charge >= 0.3 is 5.97 Å².